The number of hydrogen-bond donors (Lipinski definition) is 1. The number of rotatable bonds is 6. The smallest absolute Gasteiger partial charge is 0.137 e. The van der Waals surface area contributed by atoms with Gasteiger partial charge in [-0.3, -0.25) is 4.98 Å². The van der Waals surface area contributed by atoms with E-state index in [-0.39, 0.29) is 11.9 Å². The molecule has 0 spiro atoms. The molecule has 21 heavy (non-hydrogen) atoms. The number of nitrogens with one attached hydrogen (secondary N) is 1. The Morgan fingerprint density at radius 1 is 1.24 bits per heavy atom. The zero-order valence-corrected chi connectivity index (χ0v) is 13.7. The third-order valence-electron chi connectivity index (χ3n) is 3.12. The SMILES string of the molecule is CCCNC(c1cc(F)cc(Br)c1)c1cncc(OC)c1. The van der Waals surface area contributed by atoms with E-state index in [4.69, 9.17) is 4.74 Å². The fraction of sp³-hybridized carbons (Fsp3) is 0.312. The largest absolute Gasteiger partial charge is 0.495 e. The maximum Gasteiger partial charge on any atom is 0.137 e. The van der Waals surface area contributed by atoms with Crippen LogP contribution >= 0.6 is 15.9 Å². The molecule has 0 radical (unpaired) electrons. The molecule has 0 aliphatic carbocycles. The van der Waals surface area contributed by atoms with Crippen molar-refractivity contribution in [1.82, 2.24) is 10.3 Å². The number of nitrogens with zero attached hydrogens (tertiary/aromatic N) is 1. The van der Waals surface area contributed by atoms with Gasteiger partial charge in [-0.25, -0.2) is 4.39 Å². The molecule has 1 aromatic carbocycles. The van der Waals surface area contributed by atoms with Gasteiger partial charge in [0.2, 0.25) is 0 Å². The van der Waals surface area contributed by atoms with Crippen LogP contribution in [0.2, 0.25) is 0 Å². The molecule has 1 atom stereocenters. The highest BCUT2D eigenvalue weighted by molar-refractivity contribution is 9.10. The van der Waals surface area contributed by atoms with Crippen molar-refractivity contribution in [2.24, 2.45) is 0 Å². The number of aromatic nitrogens is 1. The molecule has 0 bridgehead atoms. The maximum absolute atomic E-state index is 13.7. The molecule has 112 valence electrons. The minimum atomic E-state index is -0.265. The summed E-state index contributed by atoms with van der Waals surface area (Å²) in [5.41, 5.74) is 1.80. The van der Waals surface area contributed by atoms with Gasteiger partial charge in [-0.1, -0.05) is 22.9 Å². The van der Waals surface area contributed by atoms with Crippen molar-refractivity contribution in [3.05, 3.63) is 58.1 Å². The zero-order chi connectivity index (χ0) is 15.2. The lowest BCUT2D eigenvalue weighted by Crippen LogP contribution is -2.23. The normalized spacial score (nSPS) is 12.2. The summed E-state index contributed by atoms with van der Waals surface area (Å²) in [5.74, 6) is 0.421. The van der Waals surface area contributed by atoms with Crippen molar-refractivity contribution >= 4 is 15.9 Å². The molecule has 5 heteroatoms. The van der Waals surface area contributed by atoms with Gasteiger partial charge in [0.25, 0.3) is 0 Å². The summed E-state index contributed by atoms with van der Waals surface area (Å²) in [6.45, 7) is 2.92. The Morgan fingerprint density at radius 2 is 2.05 bits per heavy atom. The van der Waals surface area contributed by atoms with Gasteiger partial charge >= 0.3 is 0 Å². The van der Waals surface area contributed by atoms with Crippen LogP contribution in [0.3, 0.4) is 0 Å². The van der Waals surface area contributed by atoms with E-state index in [1.807, 2.05) is 12.1 Å². The Bertz CT molecular complexity index is 586. The summed E-state index contributed by atoms with van der Waals surface area (Å²) in [4.78, 5) is 4.18. The molecule has 2 rings (SSSR count). The third kappa shape index (κ3) is 4.25. The van der Waals surface area contributed by atoms with Gasteiger partial charge in [-0.2, -0.15) is 0 Å². The summed E-state index contributed by atoms with van der Waals surface area (Å²) in [5, 5.41) is 3.42. The number of pyridine rings is 1. The van der Waals surface area contributed by atoms with Crippen molar-refractivity contribution in [2.75, 3.05) is 13.7 Å². The lowest BCUT2D eigenvalue weighted by atomic mass is 9.99. The molecule has 0 saturated heterocycles. The van der Waals surface area contributed by atoms with Gasteiger partial charge in [0.05, 0.1) is 19.3 Å². The number of halogens is 2. The average Bonchev–Trinajstić information content (AvgIpc) is 2.47. The minimum Gasteiger partial charge on any atom is -0.495 e. The molecule has 1 unspecified atom stereocenters. The first kappa shape index (κ1) is 15.9. The van der Waals surface area contributed by atoms with Crippen molar-refractivity contribution in [3.63, 3.8) is 0 Å². The summed E-state index contributed by atoms with van der Waals surface area (Å²) in [6.07, 6.45) is 4.42. The zero-order valence-electron chi connectivity index (χ0n) is 12.1. The predicted octanol–water partition coefficient (Wildman–Crippen LogP) is 4.08. The van der Waals surface area contributed by atoms with Crippen LogP contribution in [-0.2, 0) is 0 Å². The second-order valence-corrected chi connectivity index (χ2v) is 5.66. The van der Waals surface area contributed by atoms with Gasteiger partial charge in [0.15, 0.2) is 0 Å². The van der Waals surface area contributed by atoms with Gasteiger partial charge in [0, 0.05) is 10.7 Å². The van der Waals surface area contributed by atoms with E-state index < -0.39 is 0 Å². The van der Waals surface area contributed by atoms with Gasteiger partial charge in [-0.15, -0.1) is 0 Å². The second-order valence-electron chi connectivity index (χ2n) is 4.75. The lowest BCUT2D eigenvalue weighted by Gasteiger charge is -2.20. The molecular formula is C16H18BrFN2O. The number of ether oxygens (including phenoxy) is 1. The standard InChI is InChI=1S/C16H18BrFN2O/c1-3-4-20-16(11-5-13(17)8-14(18)6-11)12-7-15(21-2)10-19-9-12/h5-10,16,20H,3-4H2,1-2H3. The topological polar surface area (TPSA) is 34.2 Å². The Labute approximate surface area is 132 Å². The molecule has 0 fully saturated rings. The molecular weight excluding hydrogens is 335 g/mol. The lowest BCUT2D eigenvalue weighted by molar-refractivity contribution is 0.411. The van der Waals surface area contributed by atoms with Crippen molar-refractivity contribution in [2.45, 2.75) is 19.4 Å². The van der Waals surface area contributed by atoms with E-state index in [0.29, 0.717) is 5.75 Å². The number of hydrogen-bond acceptors (Lipinski definition) is 3. The van der Waals surface area contributed by atoms with Gasteiger partial charge in [0.1, 0.15) is 11.6 Å². The van der Waals surface area contributed by atoms with Crippen molar-refractivity contribution in [1.29, 1.82) is 0 Å². The van der Waals surface area contributed by atoms with E-state index in [1.54, 1.807) is 19.5 Å². The summed E-state index contributed by atoms with van der Waals surface area (Å²) in [7, 11) is 1.61. The first-order valence-corrected chi connectivity index (χ1v) is 7.61. The highest BCUT2D eigenvalue weighted by atomic mass is 79.9. The second kappa shape index (κ2) is 7.52. The molecule has 1 heterocycles. The molecule has 1 aromatic heterocycles. The highest BCUT2D eigenvalue weighted by Crippen LogP contribution is 2.27. The average molecular weight is 353 g/mol. The fourth-order valence-electron chi connectivity index (χ4n) is 2.16. The van der Waals surface area contributed by atoms with E-state index in [1.165, 1.54) is 12.1 Å². The van der Waals surface area contributed by atoms with E-state index in [0.717, 1.165) is 28.6 Å². The monoisotopic (exact) mass is 352 g/mol. The summed E-state index contributed by atoms with van der Waals surface area (Å²) in [6, 6.07) is 6.69. The molecule has 0 saturated carbocycles. The number of benzene rings is 1. The van der Waals surface area contributed by atoms with Gasteiger partial charge in [-0.05, 0) is 48.4 Å². The van der Waals surface area contributed by atoms with Crippen molar-refractivity contribution in [3.8, 4) is 5.75 Å². The molecule has 2 aromatic rings. The highest BCUT2D eigenvalue weighted by Gasteiger charge is 2.16. The van der Waals surface area contributed by atoms with E-state index >= 15 is 0 Å². The Hall–Kier alpha value is -1.46. The Morgan fingerprint density at radius 3 is 2.71 bits per heavy atom. The van der Waals surface area contributed by atoms with Crippen LogP contribution in [0.1, 0.15) is 30.5 Å². The fourth-order valence-corrected chi connectivity index (χ4v) is 2.65. The summed E-state index contributed by atoms with van der Waals surface area (Å²) < 4.78 is 19.6. The van der Waals surface area contributed by atoms with Crippen LogP contribution in [0.15, 0.2) is 41.1 Å². The Kier molecular flexibility index (Phi) is 5.70. The molecule has 0 aliphatic rings. The molecule has 0 aliphatic heterocycles. The third-order valence-corrected chi connectivity index (χ3v) is 3.58. The number of methoxy groups -OCH3 is 1. The molecule has 3 nitrogen and oxygen atoms in total. The van der Waals surface area contributed by atoms with Crippen LogP contribution < -0.4 is 10.1 Å². The van der Waals surface area contributed by atoms with Gasteiger partial charge < -0.3 is 10.1 Å². The molecule has 0 amide bonds. The van der Waals surface area contributed by atoms with Crippen LogP contribution in [0.5, 0.6) is 5.75 Å². The first-order valence-electron chi connectivity index (χ1n) is 6.82. The summed E-state index contributed by atoms with van der Waals surface area (Å²) >= 11 is 3.34. The van der Waals surface area contributed by atoms with Crippen LogP contribution in [0.25, 0.3) is 0 Å². The maximum atomic E-state index is 13.7. The van der Waals surface area contributed by atoms with E-state index in [9.17, 15) is 4.39 Å². The minimum absolute atomic E-state index is 0.125. The van der Waals surface area contributed by atoms with Crippen molar-refractivity contribution < 1.29 is 9.13 Å². The molecule has 1 N–H and O–H groups in total. The van der Waals surface area contributed by atoms with Crippen LogP contribution in [-0.4, -0.2) is 18.6 Å². The predicted molar refractivity (Wildman–Crippen MR) is 85.0 cm³/mol. The van der Waals surface area contributed by atoms with Crippen LogP contribution in [0, 0.1) is 5.82 Å². The Balaban J connectivity index is 2.41. The van der Waals surface area contributed by atoms with E-state index in [2.05, 4.69) is 33.2 Å². The van der Waals surface area contributed by atoms with Crippen LogP contribution in [0.4, 0.5) is 4.39 Å². The first-order chi connectivity index (χ1) is 10.1. The quantitative estimate of drug-likeness (QED) is 0.850.